The van der Waals surface area contributed by atoms with E-state index < -0.39 is 0 Å². The molecule has 4 nitrogen and oxygen atoms in total. The first-order chi connectivity index (χ1) is 36.7. The Morgan fingerprint density at radius 1 is 0.413 bits per heavy atom. The van der Waals surface area contributed by atoms with E-state index >= 15 is 0 Å². The number of allylic oxidation sites excluding steroid dienone is 6. The lowest BCUT2D eigenvalue weighted by Gasteiger charge is -2.38. The number of rotatable bonds is 9. The molecule has 0 atom stereocenters. The Kier molecular flexibility index (Phi) is 10.9. The Morgan fingerprint density at radius 3 is 1.63 bits per heavy atom. The lowest BCUT2D eigenvalue weighted by atomic mass is 9.80. The molecule has 0 unspecified atom stereocenters. The first-order valence-corrected chi connectivity index (χ1v) is 25.8. The molecule has 360 valence electrons. The summed E-state index contributed by atoms with van der Waals surface area (Å²) in [7, 11) is 4.26. The summed E-state index contributed by atoms with van der Waals surface area (Å²) >= 11 is 0. The quantitative estimate of drug-likeness (QED) is 0.106. The molecule has 0 spiro atoms. The van der Waals surface area contributed by atoms with E-state index in [1.54, 1.807) is 0 Å². The fourth-order valence-corrected chi connectivity index (χ4v) is 12.1. The second-order valence-corrected chi connectivity index (χ2v) is 20.4. The molecule has 2 heterocycles. The normalized spacial score (nSPS) is 14.6. The van der Waals surface area contributed by atoms with Crippen molar-refractivity contribution in [3.8, 4) is 44.5 Å². The largest absolute Gasteiger partial charge is 0.348 e. The molecule has 4 heteroatoms. The molecule has 2 aliphatic heterocycles. The van der Waals surface area contributed by atoms with E-state index in [1.165, 1.54) is 82.4 Å². The highest BCUT2D eigenvalue weighted by atomic mass is 15.3. The van der Waals surface area contributed by atoms with Crippen LogP contribution in [0.5, 0.6) is 0 Å². The maximum atomic E-state index is 4.03. The van der Waals surface area contributed by atoms with Gasteiger partial charge in [0.25, 0.3) is 0 Å². The third-order valence-electron chi connectivity index (χ3n) is 15.8. The summed E-state index contributed by atoms with van der Waals surface area (Å²) in [5.41, 5.74) is 21.1. The van der Waals surface area contributed by atoms with Crippen LogP contribution in [0, 0.1) is 0 Å². The Labute approximate surface area is 440 Å². The predicted octanol–water partition coefficient (Wildman–Crippen LogP) is 18.9. The van der Waals surface area contributed by atoms with Crippen LogP contribution in [0.25, 0.3) is 76.8 Å². The number of anilines is 6. The van der Waals surface area contributed by atoms with Gasteiger partial charge in [-0.25, -0.2) is 0 Å². The predicted molar refractivity (Wildman–Crippen MR) is 321 cm³/mol. The zero-order valence-electron chi connectivity index (χ0n) is 42.8. The van der Waals surface area contributed by atoms with Crippen LogP contribution in [0.4, 0.5) is 34.1 Å². The fourth-order valence-electron chi connectivity index (χ4n) is 12.1. The van der Waals surface area contributed by atoms with Gasteiger partial charge in [0.1, 0.15) is 0 Å². The van der Waals surface area contributed by atoms with Crippen LogP contribution in [-0.2, 0) is 5.41 Å². The number of benzene rings is 10. The molecule has 13 rings (SSSR count). The molecule has 0 N–H and O–H groups in total. The smallest absolute Gasteiger partial charge is 0.0699 e. The van der Waals surface area contributed by atoms with Gasteiger partial charge >= 0.3 is 0 Å². The van der Waals surface area contributed by atoms with Crippen LogP contribution in [0.3, 0.4) is 0 Å². The van der Waals surface area contributed by atoms with Crippen LogP contribution >= 0.6 is 0 Å². The molecule has 1 aliphatic carbocycles. The van der Waals surface area contributed by atoms with Gasteiger partial charge in [0.15, 0.2) is 0 Å². The fraction of sp³-hybridized carbons (Fsp3) is 0.0704. The second kappa shape index (κ2) is 18.0. The number of hydrogen-bond donors (Lipinski definition) is 0. The summed E-state index contributed by atoms with van der Waals surface area (Å²) in [5, 5.41) is 7.12. The third-order valence-corrected chi connectivity index (χ3v) is 15.8. The molecule has 10 aromatic rings. The van der Waals surface area contributed by atoms with Gasteiger partial charge in [-0.15, -0.1) is 0 Å². The molecule has 3 aliphatic rings. The molecule has 0 saturated heterocycles. The minimum atomic E-state index is -0.183. The molecule has 0 radical (unpaired) electrons. The van der Waals surface area contributed by atoms with E-state index in [9.17, 15) is 0 Å². The maximum Gasteiger partial charge on any atom is 0.0699 e. The lowest BCUT2D eigenvalue weighted by molar-refractivity contribution is 0.569. The standard InChI is InChI=1S/C71H56N4/c1-7-9-22-55-46-74(56(23-10-8-2)45-72(55)5)53-35-38-59-61(43-53)69(51-33-32-49-40-48(30-31-50(49)41-51)47-20-12-11-13-21-47)60-39-36-54(75-67-28-18-16-26-65(67)73(6)66-27-17-19-29-68(66)75)44-62(60)70(59)52-34-37-58-57-24-14-15-25-63(57)71(3,4)64(58)42-52/h7-46H,1-2H2,3-6H3/b22-9-,23-10-. The zero-order valence-corrected chi connectivity index (χ0v) is 42.8. The molecule has 75 heavy (non-hydrogen) atoms. The van der Waals surface area contributed by atoms with Gasteiger partial charge in [0, 0.05) is 43.3 Å². The van der Waals surface area contributed by atoms with Gasteiger partial charge in [-0.3, -0.25) is 0 Å². The Hall–Kier alpha value is -9.38. The topological polar surface area (TPSA) is 13.0 Å². The molecule has 0 aromatic heterocycles. The Bertz CT molecular complexity index is 4080. The number of nitrogens with zero attached hydrogens (tertiary/aromatic N) is 4. The van der Waals surface area contributed by atoms with Crippen molar-refractivity contribution in [3.63, 3.8) is 0 Å². The van der Waals surface area contributed by atoms with Crippen LogP contribution in [0.2, 0.25) is 0 Å². The number of para-hydroxylation sites is 4. The van der Waals surface area contributed by atoms with Crippen molar-refractivity contribution in [3.05, 3.63) is 279 Å². The van der Waals surface area contributed by atoms with Crippen LogP contribution < -0.4 is 14.7 Å². The average Bonchev–Trinajstić information content (AvgIpc) is 3.69. The van der Waals surface area contributed by atoms with Crippen LogP contribution in [0.1, 0.15) is 25.0 Å². The third kappa shape index (κ3) is 7.43. The molecule has 0 fully saturated rings. The van der Waals surface area contributed by atoms with Crippen molar-refractivity contribution < 1.29 is 0 Å². The Morgan fingerprint density at radius 2 is 0.947 bits per heavy atom. The molecule has 0 bridgehead atoms. The van der Waals surface area contributed by atoms with Crippen molar-refractivity contribution in [2.75, 3.05) is 28.8 Å². The minimum absolute atomic E-state index is 0.183. The van der Waals surface area contributed by atoms with Crippen LogP contribution in [0.15, 0.2) is 268 Å². The average molecular weight is 965 g/mol. The number of fused-ring (bicyclic) bond motifs is 8. The van der Waals surface area contributed by atoms with Gasteiger partial charge in [0.2, 0.25) is 0 Å². The molecule has 0 amide bonds. The van der Waals surface area contributed by atoms with Gasteiger partial charge in [-0.2, -0.15) is 0 Å². The SMILES string of the molecule is C=C/C=C\C1=CN(c2ccc3c(-c4ccc5c(c4)C(C)(C)c4ccccc4-5)c4cc(N5c6ccccc6N(C)c6ccccc65)ccc4c(-c4ccc5cc(-c6ccccc6)ccc5c4)c3c2)C(/C=C\C=C)=CN1C. The van der Waals surface area contributed by atoms with E-state index in [-0.39, 0.29) is 5.41 Å². The number of likely N-dealkylation sites (N-methyl/N-ethyl adjacent to an activating group) is 1. The van der Waals surface area contributed by atoms with Crippen molar-refractivity contribution in [1.82, 2.24) is 4.90 Å². The summed E-state index contributed by atoms with van der Waals surface area (Å²) in [5.74, 6) is 0. The Balaban J connectivity index is 1.12. The van der Waals surface area contributed by atoms with E-state index in [2.05, 4.69) is 279 Å². The van der Waals surface area contributed by atoms with Crippen molar-refractivity contribution in [2.45, 2.75) is 19.3 Å². The van der Waals surface area contributed by atoms with Crippen LogP contribution in [-0.4, -0.2) is 19.0 Å². The first kappa shape index (κ1) is 45.5. The van der Waals surface area contributed by atoms with Crippen molar-refractivity contribution >= 4 is 66.4 Å². The van der Waals surface area contributed by atoms with Gasteiger partial charge in [-0.05, 0) is 167 Å². The highest BCUT2D eigenvalue weighted by Crippen LogP contribution is 2.55. The zero-order chi connectivity index (χ0) is 51.0. The summed E-state index contributed by atoms with van der Waals surface area (Å²) < 4.78 is 0. The molecule has 0 saturated carbocycles. The van der Waals surface area contributed by atoms with E-state index in [4.69, 9.17) is 0 Å². The van der Waals surface area contributed by atoms with Crippen molar-refractivity contribution in [2.24, 2.45) is 0 Å². The van der Waals surface area contributed by atoms with E-state index in [0.717, 1.165) is 51.1 Å². The maximum absolute atomic E-state index is 4.03. The molecular formula is C71H56N4. The molecular weight excluding hydrogens is 909 g/mol. The number of hydrogen-bond acceptors (Lipinski definition) is 4. The van der Waals surface area contributed by atoms with Gasteiger partial charge in [-0.1, -0.05) is 179 Å². The molecule has 10 aromatic carbocycles. The van der Waals surface area contributed by atoms with E-state index in [1.807, 2.05) is 24.3 Å². The van der Waals surface area contributed by atoms with Gasteiger partial charge < -0.3 is 19.6 Å². The summed E-state index contributed by atoms with van der Waals surface area (Å²) in [6.45, 7) is 12.8. The van der Waals surface area contributed by atoms with E-state index in [0.29, 0.717) is 0 Å². The highest BCUT2D eigenvalue weighted by molar-refractivity contribution is 6.23. The van der Waals surface area contributed by atoms with Crippen molar-refractivity contribution in [1.29, 1.82) is 0 Å². The lowest BCUT2D eigenvalue weighted by Crippen LogP contribution is -2.25. The van der Waals surface area contributed by atoms with Gasteiger partial charge in [0.05, 0.1) is 34.1 Å². The monoisotopic (exact) mass is 964 g/mol. The summed E-state index contributed by atoms with van der Waals surface area (Å²) in [4.78, 5) is 9.21. The first-order valence-electron chi connectivity index (χ1n) is 25.8. The highest BCUT2D eigenvalue weighted by Gasteiger charge is 2.36. The second-order valence-electron chi connectivity index (χ2n) is 20.4. The summed E-state index contributed by atoms with van der Waals surface area (Å²) in [6, 6.07) is 72.5. The minimum Gasteiger partial charge on any atom is -0.348 e. The summed E-state index contributed by atoms with van der Waals surface area (Å²) in [6.07, 6.45) is 16.3.